The van der Waals surface area contributed by atoms with Gasteiger partial charge in [-0.1, -0.05) is 90.7 Å². The zero-order chi connectivity index (χ0) is 26.4. The highest BCUT2D eigenvalue weighted by Gasteiger charge is 2.60. The number of rotatable bonds is 7. The minimum absolute atomic E-state index is 0.0205. The molecule has 9 atom stereocenters. The third-order valence-electron chi connectivity index (χ3n) is 11.9. The lowest BCUT2D eigenvalue weighted by atomic mass is 9.45. The van der Waals surface area contributed by atoms with Gasteiger partial charge in [-0.05, 0) is 103 Å². The second-order valence-corrected chi connectivity index (χ2v) is 14.4. The van der Waals surface area contributed by atoms with E-state index in [4.69, 9.17) is 4.74 Å². The first-order chi connectivity index (χ1) is 17.6. The van der Waals surface area contributed by atoms with Crippen molar-refractivity contribution in [3.63, 3.8) is 0 Å². The van der Waals surface area contributed by atoms with E-state index >= 15 is 0 Å². The van der Waals surface area contributed by atoms with Crippen molar-refractivity contribution >= 4 is 5.97 Å². The molecule has 0 amide bonds. The number of fused-ring (bicyclic) bond motifs is 5. The Kier molecular flexibility index (Phi) is 7.69. The fraction of sp³-hybridized carbons (Fsp3) is 0.743. The fourth-order valence-corrected chi connectivity index (χ4v) is 9.90. The van der Waals surface area contributed by atoms with E-state index in [1.807, 2.05) is 30.3 Å². The highest BCUT2D eigenvalue weighted by atomic mass is 16.5. The quantitative estimate of drug-likeness (QED) is 0.273. The van der Waals surface area contributed by atoms with Gasteiger partial charge in [0, 0.05) is 6.42 Å². The van der Waals surface area contributed by atoms with Gasteiger partial charge in [0.05, 0.1) is 5.56 Å². The molecule has 0 spiro atoms. The van der Waals surface area contributed by atoms with E-state index in [9.17, 15) is 4.79 Å². The molecular weight excluding hydrogens is 452 g/mol. The van der Waals surface area contributed by atoms with Gasteiger partial charge >= 0.3 is 5.97 Å². The molecule has 4 aliphatic rings. The molecule has 2 heteroatoms. The van der Waals surface area contributed by atoms with Crippen LogP contribution in [0.5, 0.6) is 0 Å². The van der Waals surface area contributed by atoms with Crippen molar-refractivity contribution in [2.24, 2.45) is 52.3 Å². The second-order valence-electron chi connectivity index (χ2n) is 14.4. The van der Waals surface area contributed by atoms with Crippen molar-refractivity contribution in [2.75, 3.05) is 0 Å². The highest BCUT2D eigenvalue weighted by molar-refractivity contribution is 5.89. The summed E-state index contributed by atoms with van der Waals surface area (Å²) in [6, 6.07) is 9.50. The molecule has 0 heterocycles. The predicted molar refractivity (Wildman–Crippen MR) is 153 cm³/mol. The van der Waals surface area contributed by atoms with Gasteiger partial charge in [-0.2, -0.15) is 0 Å². The molecule has 3 fully saturated rings. The van der Waals surface area contributed by atoms with E-state index < -0.39 is 0 Å². The zero-order valence-electron chi connectivity index (χ0n) is 24.5. The Labute approximate surface area is 227 Å². The summed E-state index contributed by atoms with van der Waals surface area (Å²) < 4.78 is 6.04. The van der Waals surface area contributed by atoms with Gasteiger partial charge in [-0.25, -0.2) is 4.79 Å². The smallest absolute Gasteiger partial charge is 0.338 e. The first-order valence-electron chi connectivity index (χ1n) is 15.6. The largest absolute Gasteiger partial charge is 0.458 e. The van der Waals surface area contributed by atoms with Crippen molar-refractivity contribution in [1.82, 2.24) is 0 Å². The zero-order valence-corrected chi connectivity index (χ0v) is 24.5. The molecule has 1 aromatic carbocycles. The molecule has 5 rings (SSSR count). The maximum Gasteiger partial charge on any atom is 0.338 e. The van der Waals surface area contributed by atoms with Crippen LogP contribution < -0.4 is 0 Å². The van der Waals surface area contributed by atoms with Gasteiger partial charge in [0.15, 0.2) is 0 Å². The molecule has 204 valence electrons. The second kappa shape index (κ2) is 10.5. The molecule has 0 bridgehead atoms. The van der Waals surface area contributed by atoms with Crippen LogP contribution in [-0.4, -0.2) is 12.1 Å². The summed E-state index contributed by atoms with van der Waals surface area (Å²) in [6.07, 6.45) is 15.7. The molecule has 2 nitrogen and oxygen atoms in total. The summed E-state index contributed by atoms with van der Waals surface area (Å²) >= 11 is 0. The van der Waals surface area contributed by atoms with Gasteiger partial charge in [0.2, 0.25) is 0 Å². The number of ether oxygens (including phenoxy) is 1. The molecule has 0 aromatic heterocycles. The predicted octanol–water partition coefficient (Wildman–Crippen LogP) is 9.50. The van der Waals surface area contributed by atoms with E-state index in [1.54, 1.807) is 5.57 Å². The van der Waals surface area contributed by atoms with E-state index in [1.165, 1.54) is 44.9 Å². The average molecular weight is 505 g/mol. The Balaban J connectivity index is 1.29. The highest BCUT2D eigenvalue weighted by Crippen LogP contribution is 2.68. The first kappa shape index (κ1) is 27.0. The van der Waals surface area contributed by atoms with E-state index in [-0.39, 0.29) is 17.5 Å². The molecule has 1 aromatic rings. The molecular formula is C35H52O2. The monoisotopic (exact) mass is 504 g/mol. The standard InChI is InChI=1S/C35H52O2/c1-23(2)11-10-12-24(3)29-15-16-30-32-25(4)21-27-22-28(37-33(36)26-13-8-7-9-14-26)17-19-34(27,5)31(32)18-20-35(29,30)6/h7-9,13-14,21,23-25,28-32H,10-12,15-20,22H2,1-6H3/t24-,25+,28+,29+,30-,31-,32-,34-,35+/m0/s1. The van der Waals surface area contributed by atoms with Crippen LogP contribution in [0.15, 0.2) is 42.0 Å². The van der Waals surface area contributed by atoms with Gasteiger partial charge in [0.1, 0.15) is 6.10 Å². The Hall–Kier alpha value is -1.57. The van der Waals surface area contributed by atoms with Gasteiger partial charge < -0.3 is 4.74 Å². The van der Waals surface area contributed by atoms with Crippen LogP contribution in [0.4, 0.5) is 0 Å². The number of hydrogen-bond donors (Lipinski definition) is 0. The van der Waals surface area contributed by atoms with Crippen molar-refractivity contribution < 1.29 is 9.53 Å². The summed E-state index contributed by atoms with van der Waals surface area (Å²) in [7, 11) is 0. The SMILES string of the molecule is CC(C)CCC[C@H](C)[C@H]1CC[C@H]2[C@@H]3[C@H](C)C=C4C[C@H](OC(=O)c5ccccc5)CC[C@]4(C)[C@H]3CC[C@]12C. The first-order valence-corrected chi connectivity index (χ1v) is 15.6. The van der Waals surface area contributed by atoms with Crippen LogP contribution in [0.2, 0.25) is 0 Å². The molecule has 37 heavy (non-hydrogen) atoms. The van der Waals surface area contributed by atoms with Gasteiger partial charge in [-0.3, -0.25) is 0 Å². The lowest BCUT2D eigenvalue weighted by molar-refractivity contribution is -0.0745. The normalized spacial score (nSPS) is 39.8. The Morgan fingerprint density at radius 3 is 2.46 bits per heavy atom. The van der Waals surface area contributed by atoms with Gasteiger partial charge in [-0.15, -0.1) is 0 Å². The lowest BCUT2D eigenvalue weighted by Crippen LogP contribution is -2.53. The summed E-state index contributed by atoms with van der Waals surface area (Å²) in [6.45, 7) is 15.1. The molecule has 4 aliphatic carbocycles. The number of hydrogen-bond acceptors (Lipinski definition) is 2. The van der Waals surface area contributed by atoms with Crippen LogP contribution in [0, 0.1) is 52.3 Å². The van der Waals surface area contributed by atoms with Crippen molar-refractivity contribution in [1.29, 1.82) is 0 Å². The van der Waals surface area contributed by atoms with Crippen LogP contribution in [0.25, 0.3) is 0 Å². The Morgan fingerprint density at radius 1 is 0.973 bits per heavy atom. The van der Waals surface area contributed by atoms with Crippen molar-refractivity contribution in [3.05, 3.63) is 47.5 Å². The summed E-state index contributed by atoms with van der Waals surface area (Å²) in [5, 5.41) is 0. The summed E-state index contributed by atoms with van der Waals surface area (Å²) in [4.78, 5) is 12.7. The van der Waals surface area contributed by atoms with Crippen molar-refractivity contribution in [3.8, 4) is 0 Å². The molecule has 0 N–H and O–H groups in total. The van der Waals surface area contributed by atoms with Crippen LogP contribution >= 0.6 is 0 Å². The lowest BCUT2D eigenvalue weighted by Gasteiger charge is -2.60. The van der Waals surface area contributed by atoms with E-state index in [2.05, 4.69) is 47.6 Å². The molecule has 0 unspecified atom stereocenters. The Morgan fingerprint density at radius 2 is 1.73 bits per heavy atom. The maximum absolute atomic E-state index is 12.7. The number of allylic oxidation sites excluding steroid dienone is 1. The average Bonchev–Trinajstić information content (AvgIpc) is 3.22. The maximum atomic E-state index is 12.7. The van der Waals surface area contributed by atoms with Crippen LogP contribution in [-0.2, 0) is 4.74 Å². The third kappa shape index (κ3) is 4.96. The minimum atomic E-state index is -0.163. The number of benzene rings is 1. The fourth-order valence-electron chi connectivity index (χ4n) is 9.90. The van der Waals surface area contributed by atoms with Crippen LogP contribution in [0.1, 0.15) is 116 Å². The number of esters is 1. The topological polar surface area (TPSA) is 26.3 Å². The minimum Gasteiger partial charge on any atom is -0.458 e. The third-order valence-corrected chi connectivity index (χ3v) is 11.9. The van der Waals surface area contributed by atoms with Gasteiger partial charge in [0.25, 0.3) is 0 Å². The van der Waals surface area contributed by atoms with E-state index in [0.29, 0.717) is 16.9 Å². The number of carbonyl (C=O) groups is 1. The molecule has 0 aliphatic heterocycles. The molecule has 0 saturated heterocycles. The van der Waals surface area contributed by atoms with Crippen molar-refractivity contribution in [2.45, 2.75) is 112 Å². The molecule has 3 saturated carbocycles. The summed E-state index contributed by atoms with van der Waals surface area (Å²) in [5.74, 6) is 5.56. The van der Waals surface area contributed by atoms with Crippen LogP contribution in [0.3, 0.4) is 0 Å². The summed E-state index contributed by atoms with van der Waals surface area (Å²) in [5.41, 5.74) is 3.08. The van der Waals surface area contributed by atoms with E-state index in [0.717, 1.165) is 54.8 Å². The number of carbonyl (C=O) groups excluding carboxylic acids is 1. The Bertz CT molecular complexity index is 978. The molecule has 0 radical (unpaired) electrons.